The van der Waals surface area contributed by atoms with Gasteiger partial charge in [0.1, 0.15) is 15.9 Å². The van der Waals surface area contributed by atoms with Crippen LogP contribution in [0.25, 0.3) is 11.4 Å². The van der Waals surface area contributed by atoms with Gasteiger partial charge in [-0.05, 0) is 13.8 Å². The van der Waals surface area contributed by atoms with E-state index in [4.69, 9.17) is 10.5 Å². The fourth-order valence-corrected chi connectivity index (χ4v) is 4.78. The van der Waals surface area contributed by atoms with Gasteiger partial charge in [-0.1, -0.05) is 42.1 Å². The van der Waals surface area contributed by atoms with Crippen LogP contribution in [0.5, 0.6) is 0 Å². The maximum atomic E-state index is 12.3. The normalized spacial score (nSPS) is 10.6. The van der Waals surface area contributed by atoms with Crippen LogP contribution in [-0.2, 0) is 17.0 Å². The fraction of sp³-hybridized carbons (Fsp3) is 0.263. The van der Waals surface area contributed by atoms with Crippen LogP contribution >= 0.6 is 23.1 Å². The zero-order valence-corrected chi connectivity index (χ0v) is 17.1. The van der Waals surface area contributed by atoms with Crippen molar-refractivity contribution in [2.75, 3.05) is 12.3 Å². The Bertz CT molecular complexity index is 1020. The summed E-state index contributed by atoms with van der Waals surface area (Å²) in [5.41, 5.74) is 7.83. The number of rotatable bonds is 7. The lowest BCUT2D eigenvalue weighted by Gasteiger charge is -2.08. The lowest BCUT2D eigenvalue weighted by atomic mass is 10.2. The summed E-state index contributed by atoms with van der Waals surface area (Å²) in [6.45, 7) is 4.72. The van der Waals surface area contributed by atoms with Crippen molar-refractivity contribution in [3.63, 3.8) is 0 Å². The fourth-order valence-electron chi connectivity index (χ4n) is 2.72. The van der Waals surface area contributed by atoms with Gasteiger partial charge in [0.2, 0.25) is 0 Å². The van der Waals surface area contributed by atoms with Crippen molar-refractivity contribution in [3.8, 4) is 17.5 Å². The lowest BCUT2D eigenvalue weighted by molar-refractivity contribution is 0.0531. The van der Waals surface area contributed by atoms with Gasteiger partial charge in [-0.15, -0.1) is 21.5 Å². The van der Waals surface area contributed by atoms with E-state index in [-0.39, 0.29) is 6.61 Å². The number of carbonyl (C=O) groups is 1. The van der Waals surface area contributed by atoms with Gasteiger partial charge in [0.25, 0.3) is 0 Å². The summed E-state index contributed by atoms with van der Waals surface area (Å²) >= 11 is 2.50. The van der Waals surface area contributed by atoms with Gasteiger partial charge in [-0.2, -0.15) is 5.26 Å². The summed E-state index contributed by atoms with van der Waals surface area (Å²) in [4.78, 5) is 12.6. The molecule has 0 spiro atoms. The number of nitrogen functional groups attached to an aromatic ring is 1. The summed E-state index contributed by atoms with van der Waals surface area (Å²) in [7, 11) is 0. The Balaban J connectivity index is 1.90. The van der Waals surface area contributed by atoms with Crippen LogP contribution in [0.3, 0.4) is 0 Å². The van der Waals surface area contributed by atoms with Gasteiger partial charge in [-0.3, -0.25) is 0 Å². The second kappa shape index (κ2) is 8.91. The quantitative estimate of drug-likeness (QED) is 0.461. The molecule has 0 fully saturated rings. The number of anilines is 1. The molecule has 0 bridgehead atoms. The van der Waals surface area contributed by atoms with E-state index in [1.807, 2.05) is 41.8 Å². The third-order valence-electron chi connectivity index (χ3n) is 4.02. The number of thioether (sulfide) groups is 1. The zero-order valence-electron chi connectivity index (χ0n) is 15.5. The molecule has 1 aromatic carbocycles. The predicted molar refractivity (Wildman–Crippen MR) is 110 cm³/mol. The number of benzene rings is 1. The zero-order chi connectivity index (χ0) is 20.1. The van der Waals surface area contributed by atoms with Crippen molar-refractivity contribution in [2.24, 2.45) is 0 Å². The highest BCUT2D eigenvalue weighted by Gasteiger charge is 2.24. The minimum Gasteiger partial charge on any atom is -0.462 e. The standard InChI is InChI=1S/C19H19N5O2S2/c1-3-24-17(12-8-6-5-7-9-12)22-23-19(24)27-11-14-13(10-20)16(21)28-15(14)18(25)26-4-2/h5-9H,3-4,11,21H2,1-2H3. The van der Waals surface area contributed by atoms with Gasteiger partial charge in [-0.25, -0.2) is 4.79 Å². The SMILES string of the molecule is CCOC(=O)c1sc(N)c(C#N)c1CSc1nnc(-c2ccccc2)n1CC. The Morgan fingerprint density at radius 3 is 2.71 bits per heavy atom. The Morgan fingerprint density at radius 2 is 2.07 bits per heavy atom. The Labute approximate surface area is 171 Å². The molecule has 2 N–H and O–H groups in total. The predicted octanol–water partition coefficient (Wildman–Crippen LogP) is 3.95. The average molecular weight is 414 g/mol. The van der Waals surface area contributed by atoms with E-state index in [1.165, 1.54) is 11.8 Å². The third-order valence-corrected chi connectivity index (χ3v) is 6.05. The molecule has 0 unspecified atom stereocenters. The van der Waals surface area contributed by atoms with Crippen molar-refractivity contribution in [2.45, 2.75) is 31.3 Å². The molecule has 7 nitrogen and oxygen atoms in total. The number of nitrogens with two attached hydrogens (primary N) is 1. The number of ether oxygens (including phenoxy) is 1. The van der Waals surface area contributed by atoms with Crippen LogP contribution in [0.4, 0.5) is 5.00 Å². The summed E-state index contributed by atoms with van der Waals surface area (Å²) < 4.78 is 7.11. The second-order valence-corrected chi connectivity index (χ2v) is 7.68. The second-order valence-electron chi connectivity index (χ2n) is 5.69. The molecule has 0 radical (unpaired) electrons. The first-order valence-corrected chi connectivity index (χ1v) is 10.5. The van der Waals surface area contributed by atoms with E-state index in [9.17, 15) is 10.1 Å². The van der Waals surface area contributed by atoms with Crippen LogP contribution in [-0.4, -0.2) is 27.3 Å². The number of hydrogen-bond donors (Lipinski definition) is 1. The number of nitriles is 1. The van der Waals surface area contributed by atoms with Crippen molar-refractivity contribution in [3.05, 3.63) is 46.3 Å². The van der Waals surface area contributed by atoms with E-state index in [2.05, 4.69) is 16.3 Å². The Kier molecular flexibility index (Phi) is 6.34. The largest absolute Gasteiger partial charge is 0.462 e. The van der Waals surface area contributed by atoms with Crippen LogP contribution < -0.4 is 5.73 Å². The van der Waals surface area contributed by atoms with Gasteiger partial charge in [0.15, 0.2) is 11.0 Å². The van der Waals surface area contributed by atoms with E-state index in [0.29, 0.717) is 38.5 Å². The average Bonchev–Trinajstić information content (AvgIpc) is 3.27. The molecule has 0 saturated heterocycles. The first-order valence-electron chi connectivity index (χ1n) is 8.70. The van der Waals surface area contributed by atoms with Crippen LogP contribution in [0, 0.1) is 11.3 Å². The van der Waals surface area contributed by atoms with Crippen molar-refractivity contribution < 1.29 is 9.53 Å². The minimum absolute atomic E-state index is 0.260. The molecular formula is C19H19N5O2S2. The van der Waals surface area contributed by atoms with Gasteiger partial charge in [0, 0.05) is 23.4 Å². The van der Waals surface area contributed by atoms with Gasteiger partial charge < -0.3 is 15.0 Å². The lowest BCUT2D eigenvalue weighted by Crippen LogP contribution is -2.06. The summed E-state index contributed by atoms with van der Waals surface area (Å²) in [5.74, 6) is 0.692. The molecule has 0 aliphatic carbocycles. The Morgan fingerprint density at radius 1 is 1.32 bits per heavy atom. The number of carbonyl (C=O) groups excluding carboxylic acids is 1. The smallest absolute Gasteiger partial charge is 0.348 e. The maximum absolute atomic E-state index is 12.3. The number of thiophene rings is 1. The number of aromatic nitrogens is 3. The molecule has 144 valence electrons. The summed E-state index contributed by atoms with van der Waals surface area (Å²) in [5, 5.41) is 19.1. The summed E-state index contributed by atoms with van der Waals surface area (Å²) in [6, 6.07) is 11.9. The van der Waals surface area contributed by atoms with Crippen molar-refractivity contribution in [1.82, 2.24) is 14.8 Å². The highest BCUT2D eigenvalue weighted by Crippen LogP contribution is 2.36. The highest BCUT2D eigenvalue weighted by molar-refractivity contribution is 7.98. The maximum Gasteiger partial charge on any atom is 0.348 e. The first-order chi connectivity index (χ1) is 13.6. The molecular weight excluding hydrogens is 394 g/mol. The van der Waals surface area contributed by atoms with Crippen LogP contribution in [0.15, 0.2) is 35.5 Å². The number of esters is 1. The van der Waals surface area contributed by atoms with Crippen LogP contribution in [0.2, 0.25) is 0 Å². The topological polar surface area (TPSA) is 107 Å². The molecule has 0 aliphatic heterocycles. The van der Waals surface area contributed by atoms with Crippen molar-refractivity contribution in [1.29, 1.82) is 5.26 Å². The molecule has 0 saturated carbocycles. The molecule has 2 aromatic heterocycles. The minimum atomic E-state index is -0.460. The monoisotopic (exact) mass is 413 g/mol. The molecule has 0 aliphatic rings. The number of nitrogens with zero attached hydrogens (tertiary/aromatic N) is 4. The number of hydrogen-bond acceptors (Lipinski definition) is 8. The first kappa shape index (κ1) is 19.9. The molecule has 3 rings (SSSR count). The third kappa shape index (κ3) is 3.88. The highest BCUT2D eigenvalue weighted by atomic mass is 32.2. The van der Waals surface area contributed by atoms with E-state index in [0.717, 1.165) is 22.7 Å². The molecule has 28 heavy (non-hydrogen) atoms. The summed E-state index contributed by atoms with van der Waals surface area (Å²) in [6.07, 6.45) is 0. The van der Waals surface area contributed by atoms with E-state index >= 15 is 0 Å². The van der Waals surface area contributed by atoms with Gasteiger partial charge >= 0.3 is 5.97 Å². The molecule has 2 heterocycles. The molecule has 0 atom stereocenters. The molecule has 0 amide bonds. The van der Waals surface area contributed by atoms with Gasteiger partial charge in [0.05, 0.1) is 12.2 Å². The van der Waals surface area contributed by atoms with E-state index in [1.54, 1.807) is 6.92 Å². The van der Waals surface area contributed by atoms with Crippen molar-refractivity contribution >= 4 is 34.1 Å². The van der Waals surface area contributed by atoms with Crippen LogP contribution in [0.1, 0.15) is 34.6 Å². The molecule has 3 aromatic rings. The van der Waals surface area contributed by atoms with E-state index < -0.39 is 5.97 Å². The Hall–Kier alpha value is -2.83. The molecule has 9 heteroatoms.